The van der Waals surface area contributed by atoms with Gasteiger partial charge in [0.1, 0.15) is 6.04 Å². The number of nitrogens with zero attached hydrogens (tertiary/aromatic N) is 1. The van der Waals surface area contributed by atoms with Crippen LogP contribution in [0.3, 0.4) is 0 Å². The van der Waals surface area contributed by atoms with Crippen LogP contribution in [0.5, 0.6) is 0 Å². The van der Waals surface area contributed by atoms with Crippen LogP contribution in [-0.2, 0) is 14.3 Å². The number of fused-ring (bicyclic) bond motifs is 7. The van der Waals surface area contributed by atoms with E-state index in [-0.39, 0.29) is 22.7 Å². The van der Waals surface area contributed by atoms with E-state index in [4.69, 9.17) is 4.74 Å². The minimum atomic E-state index is -0.869. The van der Waals surface area contributed by atoms with Crippen molar-refractivity contribution in [1.82, 2.24) is 10.2 Å². The first-order chi connectivity index (χ1) is 28.1. The summed E-state index contributed by atoms with van der Waals surface area (Å²) >= 11 is 0. The molecule has 7 rings (SSSR count). The van der Waals surface area contributed by atoms with Crippen molar-refractivity contribution in [1.29, 1.82) is 0 Å². The van der Waals surface area contributed by atoms with Gasteiger partial charge in [-0.1, -0.05) is 65.3 Å². The van der Waals surface area contributed by atoms with Crippen molar-refractivity contribution >= 4 is 23.4 Å². The molecule has 3 unspecified atom stereocenters. The van der Waals surface area contributed by atoms with Crippen LogP contribution in [-0.4, -0.2) is 60.6 Å². The van der Waals surface area contributed by atoms with E-state index in [1.807, 2.05) is 19.1 Å². The second-order valence-corrected chi connectivity index (χ2v) is 19.1. The van der Waals surface area contributed by atoms with Crippen LogP contribution < -0.4 is 5.32 Å². The number of terminal acetylenes is 3. The normalized spacial score (nSPS) is 34.4. The fourth-order valence-electron chi connectivity index (χ4n) is 14.0. The van der Waals surface area contributed by atoms with Gasteiger partial charge in [-0.15, -0.1) is 45.1 Å². The van der Waals surface area contributed by atoms with Crippen LogP contribution in [0.15, 0.2) is 43.0 Å². The van der Waals surface area contributed by atoms with E-state index in [0.29, 0.717) is 59.6 Å². The van der Waals surface area contributed by atoms with Crippen LogP contribution in [0.25, 0.3) is 5.57 Å². The fourth-order valence-corrected chi connectivity index (χ4v) is 14.0. The molecule has 1 aliphatic heterocycles. The van der Waals surface area contributed by atoms with Gasteiger partial charge >= 0.3 is 11.9 Å². The lowest BCUT2D eigenvalue weighted by Crippen LogP contribution is -2.65. The topological polar surface area (TPSA) is 95.9 Å². The first-order valence-electron chi connectivity index (χ1n) is 21.8. The number of hydrogen-bond donors (Lipinski definition) is 2. The van der Waals surface area contributed by atoms with Gasteiger partial charge in [-0.25, -0.2) is 9.59 Å². The minimum Gasteiger partial charge on any atom is -0.478 e. The number of hydrogen-bond acceptors (Lipinski definition) is 5. The molecule has 0 radical (unpaired) electrons. The Labute approximate surface area is 358 Å². The zero-order chi connectivity index (χ0) is 44.4. The lowest BCUT2D eigenvalue weighted by atomic mass is 9.32. The molecule has 0 spiro atoms. The number of carbonyl (C=O) groups excluding carboxylic acids is 2. The summed E-state index contributed by atoms with van der Waals surface area (Å²) in [5.74, 6) is 1.71. The lowest BCUT2D eigenvalue weighted by molar-refractivity contribution is -0.222. The molecule has 1 amide bonds. The average Bonchev–Trinajstić information content (AvgIpc) is 3.91. The highest BCUT2D eigenvalue weighted by Gasteiger charge is 2.69. The molecule has 9 atom stereocenters. The van der Waals surface area contributed by atoms with Crippen molar-refractivity contribution in [2.24, 2.45) is 50.7 Å². The fraction of sp³-hybridized carbons (Fsp3) is 0.635. The zero-order valence-corrected chi connectivity index (χ0v) is 37.4. The number of allylic oxidation sites excluding steroid dienone is 3. The molecule has 1 aromatic carbocycles. The maximum absolute atomic E-state index is 13.1. The number of aromatic carboxylic acids is 1. The molecule has 1 aromatic rings. The van der Waals surface area contributed by atoms with Crippen molar-refractivity contribution in [3.05, 3.63) is 54.1 Å². The summed E-state index contributed by atoms with van der Waals surface area (Å²) < 4.78 is 4.96. The zero-order valence-electron chi connectivity index (χ0n) is 37.4. The third-order valence-electron chi connectivity index (χ3n) is 16.6. The molecule has 0 aromatic heterocycles. The Kier molecular flexibility index (Phi) is 16.9. The van der Waals surface area contributed by atoms with E-state index in [0.717, 1.165) is 31.2 Å². The first-order valence-corrected chi connectivity index (χ1v) is 21.8. The van der Waals surface area contributed by atoms with E-state index < -0.39 is 12.0 Å². The molecule has 1 heterocycles. The Hall–Kier alpha value is -4.25. The van der Waals surface area contributed by atoms with Gasteiger partial charge in [0.25, 0.3) is 0 Å². The van der Waals surface area contributed by atoms with Crippen molar-refractivity contribution in [3.63, 3.8) is 0 Å². The summed E-state index contributed by atoms with van der Waals surface area (Å²) in [6.45, 7) is 20.5. The Morgan fingerprint density at radius 3 is 2.10 bits per heavy atom. The summed E-state index contributed by atoms with van der Waals surface area (Å²) in [7, 11) is 1.41. The quantitative estimate of drug-likeness (QED) is 0.118. The van der Waals surface area contributed by atoms with Crippen LogP contribution >= 0.6 is 0 Å². The summed E-state index contributed by atoms with van der Waals surface area (Å²) in [6.07, 6.45) is 43.2. The van der Waals surface area contributed by atoms with Crippen molar-refractivity contribution in [2.45, 2.75) is 131 Å². The third-order valence-corrected chi connectivity index (χ3v) is 16.6. The molecule has 7 heteroatoms. The number of esters is 1. The van der Waals surface area contributed by atoms with E-state index >= 15 is 0 Å². The Morgan fingerprint density at radius 1 is 0.847 bits per heavy atom. The van der Waals surface area contributed by atoms with Crippen LogP contribution in [0.1, 0.15) is 141 Å². The molecule has 7 nitrogen and oxygen atoms in total. The molecule has 1 saturated heterocycles. The van der Waals surface area contributed by atoms with Gasteiger partial charge in [0.05, 0.1) is 12.7 Å². The van der Waals surface area contributed by atoms with Crippen molar-refractivity contribution in [3.8, 4) is 38.5 Å². The molecule has 59 heavy (non-hydrogen) atoms. The number of amides is 1. The number of rotatable bonds is 8. The largest absolute Gasteiger partial charge is 0.478 e. The number of methoxy groups -OCH3 is 1. The third kappa shape index (κ3) is 8.82. The van der Waals surface area contributed by atoms with Crippen LogP contribution in [0.2, 0.25) is 0 Å². The first kappa shape index (κ1) is 49.1. The second-order valence-electron chi connectivity index (χ2n) is 19.1. The summed E-state index contributed by atoms with van der Waals surface area (Å²) in [4.78, 5) is 38.6. The monoisotopic (exact) mass is 807 g/mol. The summed E-state index contributed by atoms with van der Waals surface area (Å²) in [5, 5.41) is 13.2. The Balaban J connectivity index is 0.000000962. The number of carbonyl (C=O) groups is 3. The van der Waals surface area contributed by atoms with Gasteiger partial charge in [0, 0.05) is 26.1 Å². The van der Waals surface area contributed by atoms with Gasteiger partial charge < -0.3 is 20.1 Å². The van der Waals surface area contributed by atoms with E-state index in [1.165, 1.54) is 76.0 Å². The van der Waals surface area contributed by atoms with Gasteiger partial charge in [-0.05, 0) is 152 Å². The van der Waals surface area contributed by atoms with Gasteiger partial charge in [-0.3, -0.25) is 4.79 Å². The van der Waals surface area contributed by atoms with E-state index in [9.17, 15) is 19.5 Å². The van der Waals surface area contributed by atoms with Gasteiger partial charge in [0.2, 0.25) is 5.91 Å². The highest BCUT2D eigenvalue weighted by molar-refractivity contribution is 5.88. The van der Waals surface area contributed by atoms with Crippen molar-refractivity contribution in [2.75, 3.05) is 26.7 Å². The molecule has 5 fully saturated rings. The molecule has 2 N–H and O–H groups in total. The standard InChI is InChI=1S/C43H62N2O5.C3H6.3C2H2/c1-39(2)30(28-11-13-29(14-12-28)37(47)48)17-21-40(3)34(39)18-22-42(5)35(40)16-15-31-32-9-7-20-43(32,24-23-41(31,42)4)27-44-25-19-36(46)45-26-8-10-33(45)38(49)50-6;1-3-2;3*1-2/h11-14,17,31-35,44H,7-10,15-16,18-27H2,1-6H3,(H,47,48);3H,1H2,2H3;3*1-2H/t31-,32?,33+,34?,35?,40+,41-,42-,43-;;;;/m1..../s1. The predicted molar refractivity (Wildman–Crippen MR) is 242 cm³/mol. The van der Waals surface area contributed by atoms with E-state index in [2.05, 4.69) is 91.1 Å². The number of carboxylic acid groups (broad SMARTS) is 1. The molecular weight excluding hydrogens is 733 g/mol. The second kappa shape index (κ2) is 20.3. The number of benzene rings is 1. The highest BCUT2D eigenvalue weighted by atomic mass is 16.5. The maximum Gasteiger partial charge on any atom is 0.335 e. The predicted octanol–water partition coefficient (Wildman–Crippen LogP) is 10.3. The van der Waals surface area contributed by atoms with Crippen LogP contribution in [0, 0.1) is 89.3 Å². The van der Waals surface area contributed by atoms with Crippen molar-refractivity contribution < 1.29 is 24.2 Å². The Bertz CT molecular complexity index is 1710. The minimum absolute atomic E-state index is 0.0199. The molecular formula is C52H74N2O5. The number of nitrogens with one attached hydrogen (secondary N) is 1. The summed E-state index contributed by atoms with van der Waals surface area (Å²) in [6, 6.07) is 7.16. The molecule has 322 valence electrons. The highest BCUT2D eigenvalue weighted by Crippen LogP contribution is 2.77. The number of carboxylic acids is 1. The molecule has 0 bridgehead atoms. The number of ether oxygens (including phenoxy) is 1. The smallest absolute Gasteiger partial charge is 0.335 e. The maximum atomic E-state index is 13.1. The van der Waals surface area contributed by atoms with Crippen LogP contribution in [0.4, 0.5) is 0 Å². The molecule has 6 aliphatic rings. The van der Waals surface area contributed by atoms with Gasteiger partial charge in [0.15, 0.2) is 0 Å². The van der Waals surface area contributed by atoms with Gasteiger partial charge in [-0.2, -0.15) is 0 Å². The summed E-state index contributed by atoms with van der Waals surface area (Å²) in [5.41, 5.74) is 4.16. The molecule has 5 aliphatic carbocycles. The lowest BCUT2D eigenvalue weighted by Gasteiger charge is -2.72. The number of likely N-dealkylation sites (tertiary alicyclic amines) is 1. The Morgan fingerprint density at radius 2 is 1.49 bits per heavy atom. The average molecular weight is 807 g/mol. The molecule has 4 saturated carbocycles. The van der Waals surface area contributed by atoms with E-state index in [1.54, 1.807) is 23.1 Å². The SMILES string of the molecule is C#C.C#C.C#C.C=CC.COC(=O)[C@@H]1CCCN1C(=O)CCNC[C@]12CCCC1[C@H]1CCC3[C@@]4(C)CC=C(c5ccc(C(=O)O)cc5)C(C)(C)C4CC[C@@]3(C)[C@]1(C)CC2.